The molecule has 90 valence electrons. The lowest BCUT2D eigenvalue weighted by molar-refractivity contribution is 0.147. The number of rotatable bonds is 9. The first-order chi connectivity index (χ1) is 7.27. The van der Waals surface area contributed by atoms with Crippen LogP contribution in [-0.4, -0.2) is 37.5 Å². The van der Waals surface area contributed by atoms with Crippen molar-refractivity contribution in [1.29, 1.82) is 0 Å². The monoisotopic (exact) mass is 215 g/mol. The number of aliphatic hydroxyl groups is 1. The van der Waals surface area contributed by atoms with Crippen LogP contribution >= 0.6 is 0 Å². The average Bonchev–Trinajstić information content (AvgIpc) is 3.06. The fourth-order valence-corrected chi connectivity index (χ4v) is 1.87. The Morgan fingerprint density at radius 3 is 2.73 bits per heavy atom. The Morgan fingerprint density at radius 2 is 2.20 bits per heavy atom. The second-order valence-electron chi connectivity index (χ2n) is 4.56. The van der Waals surface area contributed by atoms with Crippen molar-refractivity contribution in [3.05, 3.63) is 0 Å². The van der Waals surface area contributed by atoms with Crippen LogP contribution in [0.4, 0.5) is 0 Å². The van der Waals surface area contributed by atoms with Crippen molar-refractivity contribution in [3.63, 3.8) is 0 Å². The van der Waals surface area contributed by atoms with Gasteiger partial charge in [0.25, 0.3) is 0 Å². The lowest BCUT2D eigenvalue weighted by Crippen LogP contribution is -2.36. The van der Waals surface area contributed by atoms with Gasteiger partial charge in [-0.25, -0.2) is 0 Å². The third-order valence-electron chi connectivity index (χ3n) is 3.13. The Bertz CT molecular complexity index is 160. The summed E-state index contributed by atoms with van der Waals surface area (Å²) in [6.45, 7) is 3.85. The minimum absolute atomic E-state index is 0.117. The van der Waals surface area contributed by atoms with Gasteiger partial charge in [0.1, 0.15) is 0 Å². The molecule has 0 aromatic carbocycles. The maximum Gasteiger partial charge on any atom is 0.0618 e. The molecule has 0 aromatic heterocycles. The Labute approximate surface area is 93.2 Å². The molecule has 0 spiro atoms. The maximum atomic E-state index is 9.40. The molecule has 0 saturated heterocycles. The van der Waals surface area contributed by atoms with Crippen LogP contribution in [0.3, 0.4) is 0 Å². The summed E-state index contributed by atoms with van der Waals surface area (Å²) in [5.41, 5.74) is 0. The zero-order valence-corrected chi connectivity index (χ0v) is 10.0. The van der Waals surface area contributed by atoms with E-state index in [-0.39, 0.29) is 6.10 Å². The Hall–Kier alpha value is -0.120. The second kappa shape index (κ2) is 7.20. The van der Waals surface area contributed by atoms with Crippen LogP contribution in [0.15, 0.2) is 0 Å². The number of hydrogen-bond acceptors (Lipinski definition) is 3. The van der Waals surface area contributed by atoms with E-state index >= 15 is 0 Å². The molecule has 0 aliphatic heterocycles. The van der Waals surface area contributed by atoms with E-state index in [0.717, 1.165) is 38.3 Å². The normalized spacial score (nSPS) is 20.2. The first-order valence-corrected chi connectivity index (χ1v) is 6.18. The van der Waals surface area contributed by atoms with E-state index < -0.39 is 0 Å². The molecule has 3 nitrogen and oxygen atoms in total. The van der Waals surface area contributed by atoms with Gasteiger partial charge in [-0.3, -0.25) is 0 Å². The molecule has 2 N–H and O–H groups in total. The van der Waals surface area contributed by atoms with E-state index in [2.05, 4.69) is 5.32 Å². The molecule has 2 unspecified atom stereocenters. The molecule has 15 heavy (non-hydrogen) atoms. The fraction of sp³-hybridized carbons (Fsp3) is 1.00. The number of ether oxygens (including phenoxy) is 1. The summed E-state index contributed by atoms with van der Waals surface area (Å²) in [5, 5.41) is 12.9. The van der Waals surface area contributed by atoms with Gasteiger partial charge in [0, 0.05) is 13.2 Å². The van der Waals surface area contributed by atoms with E-state index in [4.69, 9.17) is 4.74 Å². The zero-order chi connectivity index (χ0) is 11.1. The molecule has 1 rings (SSSR count). The summed E-state index contributed by atoms with van der Waals surface area (Å²) in [5.74, 6) is 0.834. The van der Waals surface area contributed by atoms with Gasteiger partial charge in [-0.2, -0.15) is 0 Å². The molecule has 1 aliphatic carbocycles. The third-order valence-corrected chi connectivity index (χ3v) is 3.13. The molecule has 0 bridgehead atoms. The van der Waals surface area contributed by atoms with Crippen LogP contribution in [0.1, 0.15) is 39.0 Å². The first kappa shape index (κ1) is 12.9. The predicted molar refractivity (Wildman–Crippen MR) is 61.9 cm³/mol. The molecule has 2 atom stereocenters. The highest BCUT2D eigenvalue weighted by Gasteiger charge is 2.30. The van der Waals surface area contributed by atoms with Crippen molar-refractivity contribution in [1.82, 2.24) is 5.32 Å². The summed E-state index contributed by atoms with van der Waals surface area (Å²) in [6.07, 6.45) is 5.41. The largest absolute Gasteiger partial charge is 0.393 e. The number of methoxy groups -OCH3 is 1. The summed E-state index contributed by atoms with van der Waals surface area (Å²) in [4.78, 5) is 0. The van der Waals surface area contributed by atoms with Crippen LogP contribution < -0.4 is 5.32 Å². The second-order valence-corrected chi connectivity index (χ2v) is 4.56. The van der Waals surface area contributed by atoms with Gasteiger partial charge in [-0.15, -0.1) is 0 Å². The van der Waals surface area contributed by atoms with E-state index in [1.54, 1.807) is 7.11 Å². The number of hydrogen-bond donors (Lipinski definition) is 2. The first-order valence-electron chi connectivity index (χ1n) is 6.18. The molecule has 1 aliphatic rings. The minimum atomic E-state index is -0.117. The van der Waals surface area contributed by atoms with Crippen LogP contribution in [0.25, 0.3) is 0 Å². The van der Waals surface area contributed by atoms with E-state index in [0.29, 0.717) is 6.04 Å². The van der Waals surface area contributed by atoms with Gasteiger partial charge in [0.05, 0.1) is 12.7 Å². The standard InChI is InChI=1S/C12H25NO2/c1-3-11(14)5-4-8-13-12(9-15-2)10-6-7-10/h10-14H,3-9H2,1-2H3. The lowest BCUT2D eigenvalue weighted by atomic mass is 10.1. The van der Waals surface area contributed by atoms with Crippen molar-refractivity contribution >= 4 is 0 Å². The van der Waals surface area contributed by atoms with Gasteiger partial charge < -0.3 is 15.2 Å². The molecule has 1 fully saturated rings. The fourth-order valence-electron chi connectivity index (χ4n) is 1.87. The van der Waals surface area contributed by atoms with Gasteiger partial charge >= 0.3 is 0 Å². The van der Waals surface area contributed by atoms with Crippen molar-refractivity contribution in [2.24, 2.45) is 5.92 Å². The van der Waals surface area contributed by atoms with Crippen LogP contribution in [0, 0.1) is 5.92 Å². The molecule has 0 heterocycles. The molecule has 0 aromatic rings. The van der Waals surface area contributed by atoms with Crippen molar-refractivity contribution in [2.45, 2.75) is 51.2 Å². The van der Waals surface area contributed by atoms with Gasteiger partial charge in [0.15, 0.2) is 0 Å². The van der Waals surface area contributed by atoms with Crippen molar-refractivity contribution in [3.8, 4) is 0 Å². The molecule has 0 amide bonds. The summed E-state index contributed by atoms with van der Waals surface area (Å²) >= 11 is 0. The topological polar surface area (TPSA) is 41.5 Å². The van der Waals surface area contributed by atoms with E-state index in [1.807, 2.05) is 6.92 Å². The molecular formula is C12H25NO2. The highest BCUT2D eigenvalue weighted by atomic mass is 16.5. The Kier molecular flexibility index (Phi) is 6.22. The molecular weight excluding hydrogens is 190 g/mol. The van der Waals surface area contributed by atoms with Crippen LogP contribution in [0.5, 0.6) is 0 Å². The number of nitrogens with one attached hydrogen (secondary N) is 1. The van der Waals surface area contributed by atoms with Crippen molar-refractivity contribution in [2.75, 3.05) is 20.3 Å². The molecule has 0 radical (unpaired) electrons. The SMILES string of the molecule is CCC(O)CCCNC(COC)C1CC1. The van der Waals surface area contributed by atoms with Gasteiger partial charge in [-0.05, 0) is 44.6 Å². The maximum absolute atomic E-state index is 9.40. The Balaban J connectivity index is 2.01. The van der Waals surface area contributed by atoms with Gasteiger partial charge in [-0.1, -0.05) is 6.92 Å². The van der Waals surface area contributed by atoms with E-state index in [1.165, 1.54) is 12.8 Å². The zero-order valence-electron chi connectivity index (χ0n) is 10.0. The predicted octanol–water partition coefficient (Wildman–Crippen LogP) is 1.55. The third kappa shape index (κ3) is 5.50. The van der Waals surface area contributed by atoms with E-state index in [9.17, 15) is 5.11 Å². The van der Waals surface area contributed by atoms with Crippen LogP contribution in [0.2, 0.25) is 0 Å². The average molecular weight is 215 g/mol. The molecule has 1 saturated carbocycles. The van der Waals surface area contributed by atoms with Gasteiger partial charge in [0.2, 0.25) is 0 Å². The van der Waals surface area contributed by atoms with Crippen molar-refractivity contribution < 1.29 is 9.84 Å². The molecule has 3 heteroatoms. The minimum Gasteiger partial charge on any atom is -0.393 e. The summed E-state index contributed by atoms with van der Waals surface area (Å²) in [6, 6.07) is 0.536. The lowest BCUT2D eigenvalue weighted by Gasteiger charge is -2.17. The quantitative estimate of drug-likeness (QED) is 0.573. The summed E-state index contributed by atoms with van der Waals surface area (Å²) < 4.78 is 5.19. The number of aliphatic hydroxyl groups excluding tert-OH is 1. The van der Waals surface area contributed by atoms with Crippen LogP contribution in [-0.2, 0) is 4.74 Å². The highest BCUT2D eigenvalue weighted by molar-refractivity contribution is 4.86. The Morgan fingerprint density at radius 1 is 1.47 bits per heavy atom. The highest BCUT2D eigenvalue weighted by Crippen LogP contribution is 2.32. The smallest absolute Gasteiger partial charge is 0.0618 e. The summed E-state index contributed by atoms with van der Waals surface area (Å²) in [7, 11) is 1.76.